The molecule has 1 aromatic heterocycles. The Morgan fingerprint density at radius 2 is 2.16 bits per heavy atom. The number of anilines is 2. The molecule has 4 N–H and O–H groups in total. The van der Waals surface area contributed by atoms with Crippen LogP contribution in [0.5, 0.6) is 0 Å². The Bertz CT molecular complexity index is 476. The summed E-state index contributed by atoms with van der Waals surface area (Å²) in [7, 11) is 0. The first-order chi connectivity index (χ1) is 8.97. The largest absolute Gasteiger partial charge is 0.477 e. The summed E-state index contributed by atoms with van der Waals surface area (Å²) in [5.41, 5.74) is 6.38. The summed E-state index contributed by atoms with van der Waals surface area (Å²) < 4.78 is 0. The monoisotopic (exact) mass is 263 g/mol. The first-order valence-corrected chi connectivity index (χ1v) is 6.73. The second-order valence-electron chi connectivity index (χ2n) is 5.59. The Balaban J connectivity index is 2.14. The number of nitrogens with zero attached hydrogens (tertiary/aromatic N) is 1. The Labute approximate surface area is 113 Å². The average Bonchev–Trinajstić information content (AvgIpc) is 2.34. The molecule has 0 saturated heterocycles. The molecular formula is C14H21N3O2. The summed E-state index contributed by atoms with van der Waals surface area (Å²) in [6.45, 7) is 4.48. The molecule has 19 heavy (non-hydrogen) atoms. The van der Waals surface area contributed by atoms with E-state index in [0.717, 1.165) is 12.3 Å². The molecular weight excluding hydrogens is 242 g/mol. The van der Waals surface area contributed by atoms with E-state index in [-0.39, 0.29) is 5.69 Å². The fourth-order valence-corrected chi connectivity index (χ4v) is 2.76. The molecule has 104 valence electrons. The van der Waals surface area contributed by atoms with Crippen LogP contribution in [0, 0.1) is 11.8 Å². The smallest absolute Gasteiger partial charge is 0.354 e. The third-order valence-corrected chi connectivity index (χ3v) is 3.90. The molecule has 3 atom stereocenters. The number of nitrogens with one attached hydrogen (secondary N) is 1. The molecule has 5 heteroatoms. The predicted molar refractivity (Wildman–Crippen MR) is 75.2 cm³/mol. The molecule has 0 radical (unpaired) electrons. The van der Waals surface area contributed by atoms with Gasteiger partial charge in [-0.2, -0.15) is 0 Å². The Kier molecular flexibility index (Phi) is 3.93. The lowest BCUT2D eigenvalue weighted by Crippen LogP contribution is -2.33. The van der Waals surface area contributed by atoms with Gasteiger partial charge in [0.2, 0.25) is 0 Å². The van der Waals surface area contributed by atoms with E-state index >= 15 is 0 Å². The number of nitrogens with two attached hydrogens (primary N) is 1. The van der Waals surface area contributed by atoms with E-state index in [1.165, 1.54) is 18.9 Å². The van der Waals surface area contributed by atoms with Gasteiger partial charge in [0.1, 0.15) is 5.82 Å². The highest BCUT2D eigenvalue weighted by atomic mass is 16.4. The lowest BCUT2D eigenvalue weighted by molar-refractivity contribution is 0.0690. The number of hydrogen-bond acceptors (Lipinski definition) is 4. The van der Waals surface area contributed by atoms with Crippen molar-refractivity contribution in [2.45, 2.75) is 39.2 Å². The standard InChI is InChI=1S/C14H21N3O2/c1-8-3-5-11(9(2)7-8)16-13-10(15)4-6-12(17-13)14(18)19/h4,6,8-9,11H,3,5,7,15H2,1-2H3,(H,16,17)(H,18,19). The zero-order chi connectivity index (χ0) is 14.0. The normalized spacial score (nSPS) is 26.9. The fraction of sp³-hybridized carbons (Fsp3) is 0.571. The number of aromatic carboxylic acids is 1. The number of aromatic nitrogens is 1. The van der Waals surface area contributed by atoms with Crippen LogP contribution in [0.25, 0.3) is 0 Å². The first-order valence-electron chi connectivity index (χ1n) is 6.73. The number of hydrogen-bond donors (Lipinski definition) is 3. The molecule has 0 bridgehead atoms. The molecule has 0 aromatic carbocycles. The van der Waals surface area contributed by atoms with E-state index in [1.54, 1.807) is 6.07 Å². The highest BCUT2D eigenvalue weighted by Crippen LogP contribution is 2.31. The molecule has 1 aliphatic carbocycles. The number of nitrogen functional groups attached to an aromatic ring is 1. The van der Waals surface area contributed by atoms with Gasteiger partial charge in [-0.05, 0) is 43.2 Å². The lowest BCUT2D eigenvalue weighted by Gasteiger charge is -2.33. The zero-order valence-electron chi connectivity index (χ0n) is 11.4. The molecule has 1 heterocycles. The van der Waals surface area contributed by atoms with Crippen molar-refractivity contribution in [2.24, 2.45) is 11.8 Å². The van der Waals surface area contributed by atoms with Crippen LogP contribution in [0.15, 0.2) is 12.1 Å². The minimum Gasteiger partial charge on any atom is -0.477 e. The minimum atomic E-state index is -1.03. The van der Waals surface area contributed by atoms with Crippen molar-refractivity contribution < 1.29 is 9.90 Å². The first kappa shape index (κ1) is 13.6. The summed E-state index contributed by atoms with van der Waals surface area (Å²) >= 11 is 0. The Morgan fingerprint density at radius 1 is 1.42 bits per heavy atom. The maximum absolute atomic E-state index is 10.9. The summed E-state index contributed by atoms with van der Waals surface area (Å²) in [5.74, 6) is 0.752. The van der Waals surface area contributed by atoms with Crippen molar-refractivity contribution in [1.82, 2.24) is 4.98 Å². The van der Waals surface area contributed by atoms with Gasteiger partial charge in [-0.3, -0.25) is 0 Å². The van der Waals surface area contributed by atoms with Gasteiger partial charge in [-0.1, -0.05) is 13.8 Å². The lowest BCUT2D eigenvalue weighted by atomic mass is 9.80. The van der Waals surface area contributed by atoms with Crippen LogP contribution in [-0.2, 0) is 0 Å². The van der Waals surface area contributed by atoms with Crippen LogP contribution < -0.4 is 11.1 Å². The van der Waals surface area contributed by atoms with E-state index in [0.29, 0.717) is 23.5 Å². The van der Waals surface area contributed by atoms with Crippen LogP contribution in [0.1, 0.15) is 43.6 Å². The second kappa shape index (κ2) is 5.47. The summed E-state index contributed by atoms with van der Waals surface area (Å²) in [5, 5.41) is 12.3. The number of pyridine rings is 1. The van der Waals surface area contributed by atoms with E-state index in [1.807, 2.05) is 0 Å². The highest BCUT2D eigenvalue weighted by Gasteiger charge is 2.26. The van der Waals surface area contributed by atoms with Crippen molar-refractivity contribution in [2.75, 3.05) is 11.1 Å². The molecule has 3 unspecified atom stereocenters. The van der Waals surface area contributed by atoms with E-state index in [2.05, 4.69) is 24.1 Å². The third kappa shape index (κ3) is 3.16. The van der Waals surface area contributed by atoms with Crippen LogP contribution in [0.4, 0.5) is 11.5 Å². The second-order valence-corrected chi connectivity index (χ2v) is 5.59. The fourth-order valence-electron chi connectivity index (χ4n) is 2.76. The van der Waals surface area contributed by atoms with Crippen molar-refractivity contribution in [3.8, 4) is 0 Å². The van der Waals surface area contributed by atoms with Gasteiger partial charge in [0.05, 0.1) is 5.69 Å². The van der Waals surface area contributed by atoms with Gasteiger partial charge in [-0.15, -0.1) is 0 Å². The Morgan fingerprint density at radius 3 is 2.79 bits per heavy atom. The summed E-state index contributed by atoms with van der Waals surface area (Å²) in [6, 6.07) is 3.33. The third-order valence-electron chi connectivity index (χ3n) is 3.90. The molecule has 1 fully saturated rings. The quantitative estimate of drug-likeness (QED) is 0.780. The molecule has 0 spiro atoms. The molecule has 1 saturated carbocycles. The van der Waals surface area contributed by atoms with Crippen LogP contribution in [0.2, 0.25) is 0 Å². The van der Waals surface area contributed by atoms with Crippen LogP contribution in [-0.4, -0.2) is 22.1 Å². The van der Waals surface area contributed by atoms with E-state index in [4.69, 9.17) is 10.8 Å². The zero-order valence-corrected chi connectivity index (χ0v) is 11.4. The van der Waals surface area contributed by atoms with Crippen LogP contribution >= 0.6 is 0 Å². The van der Waals surface area contributed by atoms with E-state index < -0.39 is 5.97 Å². The molecule has 2 rings (SSSR count). The van der Waals surface area contributed by atoms with Gasteiger partial charge in [0.15, 0.2) is 5.69 Å². The number of carboxylic acids is 1. The summed E-state index contributed by atoms with van der Waals surface area (Å²) in [4.78, 5) is 15.0. The number of carboxylic acid groups (broad SMARTS) is 1. The predicted octanol–water partition coefficient (Wildman–Crippen LogP) is 2.60. The van der Waals surface area contributed by atoms with E-state index in [9.17, 15) is 4.79 Å². The average molecular weight is 263 g/mol. The summed E-state index contributed by atoms with van der Waals surface area (Å²) in [6.07, 6.45) is 3.43. The highest BCUT2D eigenvalue weighted by molar-refractivity contribution is 5.86. The van der Waals surface area contributed by atoms with Gasteiger partial charge < -0.3 is 16.2 Å². The molecule has 1 aromatic rings. The van der Waals surface area contributed by atoms with Crippen molar-refractivity contribution in [3.63, 3.8) is 0 Å². The van der Waals surface area contributed by atoms with Gasteiger partial charge >= 0.3 is 5.97 Å². The maximum atomic E-state index is 10.9. The van der Waals surface area contributed by atoms with Gasteiger partial charge in [0.25, 0.3) is 0 Å². The molecule has 1 aliphatic rings. The van der Waals surface area contributed by atoms with Crippen molar-refractivity contribution in [3.05, 3.63) is 17.8 Å². The minimum absolute atomic E-state index is 0.0218. The topological polar surface area (TPSA) is 88.2 Å². The van der Waals surface area contributed by atoms with Gasteiger partial charge in [0, 0.05) is 6.04 Å². The van der Waals surface area contributed by atoms with Crippen molar-refractivity contribution >= 4 is 17.5 Å². The van der Waals surface area contributed by atoms with Crippen molar-refractivity contribution in [1.29, 1.82) is 0 Å². The number of rotatable bonds is 3. The molecule has 5 nitrogen and oxygen atoms in total. The Hall–Kier alpha value is -1.78. The SMILES string of the molecule is CC1CCC(Nc2nc(C(=O)O)ccc2N)C(C)C1. The van der Waals surface area contributed by atoms with Crippen LogP contribution in [0.3, 0.4) is 0 Å². The molecule has 0 aliphatic heterocycles. The number of carbonyl (C=O) groups is 1. The maximum Gasteiger partial charge on any atom is 0.354 e. The molecule has 0 amide bonds. The van der Waals surface area contributed by atoms with Gasteiger partial charge in [-0.25, -0.2) is 9.78 Å².